The first-order valence-electron chi connectivity index (χ1n) is 6.90. The van der Waals surface area contributed by atoms with E-state index in [1.807, 2.05) is 36.4 Å². The molecule has 0 radical (unpaired) electrons. The summed E-state index contributed by atoms with van der Waals surface area (Å²) in [7, 11) is 0. The number of nitriles is 1. The highest BCUT2D eigenvalue weighted by Gasteiger charge is 2.04. The Morgan fingerprint density at radius 3 is 2.55 bits per heavy atom. The molecule has 5 heteroatoms. The Morgan fingerprint density at radius 1 is 1.23 bits per heavy atom. The van der Waals surface area contributed by atoms with Gasteiger partial charge in [-0.25, -0.2) is 0 Å². The van der Waals surface area contributed by atoms with Crippen LogP contribution in [0.2, 0.25) is 5.02 Å². The normalized spacial score (nSPS) is 11.5. The number of aliphatic hydroxyl groups is 1. The third-order valence-electron chi connectivity index (χ3n) is 3.11. The van der Waals surface area contributed by atoms with E-state index < -0.39 is 6.10 Å². The number of aliphatic hydroxyl groups excluding tert-OH is 1. The third kappa shape index (κ3) is 4.39. The van der Waals surface area contributed by atoms with E-state index in [9.17, 15) is 0 Å². The highest BCUT2D eigenvalue weighted by molar-refractivity contribution is 6.33. The van der Waals surface area contributed by atoms with Gasteiger partial charge in [-0.3, -0.25) is 0 Å². The average molecular weight is 317 g/mol. The van der Waals surface area contributed by atoms with Gasteiger partial charge in [-0.05, 0) is 42.3 Å². The zero-order chi connectivity index (χ0) is 15.9. The van der Waals surface area contributed by atoms with Gasteiger partial charge in [-0.2, -0.15) is 5.26 Å². The minimum absolute atomic E-state index is 0.0189. The van der Waals surface area contributed by atoms with Crippen LogP contribution in [0.15, 0.2) is 42.5 Å². The van der Waals surface area contributed by atoms with Crippen molar-refractivity contribution in [2.45, 2.75) is 26.2 Å². The second-order valence-corrected chi connectivity index (χ2v) is 5.27. The van der Waals surface area contributed by atoms with Crippen LogP contribution in [0.3, 0.4) is 0 Å². The zero-order valence-corrected chi connectivity index (χ0v) is 13.0. The number of halogens is 1. The molecule has 0 fully saturated rings. The van der Waals surface area contributed by atoms with Gasteiger partial charge in [0, 0.05) is 6.54 Å². The highest BCUT2D eigenvalue weighted by Crippen LogP contribution is 2.24. The maximum Gasteiger partial charge on any atom is 0.181 e. The fraction of sp³-hybridized carbons (Fsp3) is 0.235. The molecule has 0 heterocycles. The Morgan fingerprint density at radius 2 is 1.91 bits per heavy atom. The molecule has 1 unspecified atom stereocenters. The molecule has 0 aliphatic carbocycles. The van der Waals surface area contributed by atoms with Crippen molar-refractivity contribution in [1.29, 1.82) is 5.26 Å². The van der Waals surface area contributed by atoms with Crippen LogP contribution in [-0.2, 0) is 13.2 Å². The van der Waals surface area contributed by atoms with Crippen molar-refractivity contribution >= 4 is 17.3 Å². The molecule has 1 atom stereocenters. The molecule has 2 N–H and O–H groups in total. The number of nitrogens with one attached hydrogen (secondary N) is 1. The summed E-state index contributed by atoms with van der Waals surface area (Å²) in [5.41, 5.74) is 2.65. The second kappa shape index (κ2) is 7.69. The lowest BCUT2D eigenvalue weighted by Gasteiger charge is -2.11. The van der Waals surface area contributed by atoms with Crippen molar-refractivity contribution in [2.24, 2.45) is 0 Å². The Kier molecular flexibility index (Phi) is 5.65. The predicted molar refractivity (Wildman–Crippen MR) is 86.8 cm³/mol. The topological polar surface area (TPSA) is 65.3 Å². The summed E-state index contributed by atoms with van der Waals surface area (Å²) < 4.78 is 5.40. The van der Waals surface area contributed by atoms with Crippen molar-refractivity contribution in [3.05, 3.63) is 58.6 Å². The molecule has 2 aromatic rings. The van der Waals surface area contributed by atoms with Gasteiger partial charge in [0.2, 0.25) is 0 Å². The molecule has 0 aliphatic rings. The molecule has 0 saturated carbocycles. The van der Waals surface area contributed by atoms with E-state index >= 15 is 0 Å². The van der Waals surface area contributed by atoms with Gasteiger partial charge in [-0.15, -0.1) is 0 Å². The first-order chi connectivity index (χ1) is 10.6. The summed E-state index contributed by atoms with van der Waals surface area (Å²) >= 11 is 6.12. The molecule has 0 aliphatic heterocycles. The molecule has 0 saturated heterocycles. The second-order valence-electron chi connectivity index (χ2n) is 4.86. The lowest BCUT2D eigenvalue weighted by Crippen LogP contribution is -2.08. The fourth-order valence-corrected chi connectivity index (χ4v) is 2.10. The van der Waals surface area contributed by atoms with Gasteiger partial charge < -0.3 is 15.2 Å². The molecule has 0 aromatic heterocycles. The van der Waals surface area contributed by atoms with Gasteiger partial charge in [0.1, 0.15) is 11.8 Å². The Balaban J connectivity index is 1.99. The maximum absolute atomic E-state index is 9.15. The number of nitrogens with zero attached hydrogens (tertiary/aromatic N) is 1. The van der Waals surface area contributed by atoms with Crippen molar-refractivity contribution in [1.82, 2.24) is 0 Å². The van der Waals surface area contributed by atoms with E-state index in [2.05, 4.69) is 5.32 Å². The van der Waals surface area contributed by atoms with E-state index in [-0.39, 0.29) is 6.61 Å². The maximum atomic E-state index is 9.15. The zero-order valence-electron chi connectivity index (χ0n) is 12.2. The van der Waals surface area contributed by atoms with Crippen LogP contribution in [0.1, 0.15) is 18.1 Å². The van der Waals surface area contributed by atoms with Crippen LogP contribution < -0.4 is 10.1 Å². The number of ether oxygens (including phenoxy) is 1. The Hall–Kier alpha value is -2.22. The highest BCUT2D eigenvalue weighted by atomic mass is 35.5. The van der Waals surface area contributed by atoms with Crippen molar-refractivity contribution < 1.29 is 9.84 Å². The third-order valence-corrected chi connectivity index (χ3v) is 3.44. The number of benzene rings is 2. The summed E-state index contributed by atoms with van der Waals surface area (Å²) in [4.78, 5) is 0. The number of hydrogen-bond acceptors (Lipinski definition) is 4. The Labute approximate surface area is 134 Å². The van der Waals surface area contributed by atoms with Crippen molar-refractivity contribution in [2.75, 3.05) is 5.32 Å². The predicted octanol–water partition coefficient (Wildman–Crippen LogP) is 3.74. The average Bonchev–Trinajstić information content (AvgIpc) is 2.55. The van der Waals surface area contributed by atoms with E-state index in [0.717, 1.165) is 16.8 Å². The van der Waals surface area contributed by atoms with Crippen molar-refractivity contribution in [3.8, 4) is 11.8 Å². The van der Waals surface area contributed by atoms with E-state index in [0.29, 0.717) is 17.3 Å². The van der Waals surface area contributed by atoms with E-state index in [1.165, 1.54) is 0 Å². The van der Waals surface area contributed by atoms with Crippen LogP contribution in [0.25, 0.3) is 0 Å². The Bertz CT molecular complexity index is 665. The molecule has 4 nitrogen and oxygen atoms in total. The van der Waals surface area contributed by atoms with Gasteiger partial charge in [0.05, 0.1) is 17.3 Å². The van der Waals surface area contributed by atoms with Gasteiger partial charge in [0.15, 0.2) is 6.10 Å². The molecule has 2 rings (SSSR count). The number of anilines is 1. The monoisotopic (exact) mass is 316 g/mol. The number of rotatable bonds is 6. The summed E-state index contributed by atoms with van der Waals surface area (Å²) in [5, 5.41) is 21.7. The smallest absolute Gasteiger partial charge is 0.181 e. The lowest BCUT2D eigenvalue weighted by atomic mass is 10.2. The van der Waals surface area contributed by atoms with Crippen LogP contribution in [0.4, 0.5) is 5.69 Å². The molecular weight excluding hydrogens is 300 g/mol. The van der Waals surface area contributed by atoms with Crippen LogP contribution in [-0.4, -0.2) is 11.2 Å². The first-order valence-corrected chi connectivity index (χ1v) is 7.28. The molecule has 0 bridgehead atoms. The number of hydrogen-bond donors (Lipinski definition) is 2. The van der Waals surface area contributed by atoms with Crippen LogP contribution in [0, 0.1) is 11.3 Å². The molecular formula is C17H17ClN2O2. The standard InChI is InChI=1S/C17H17ClN2O2/c1-12(9-19)22-15-5-2-13(3-6-15)10-20-17-8-14(11-21)4-7-16(17)18/h2-8,12,20-21H,10-11H2,1H3. The molecule has 114 valence electrons. The lowest BCUT2D eigenvalue weighted by molar-refractivity contribution is 0.276. The minimum atomic E-state index is -0.469. The SMILES string of the molecule is CC(C#N)Oc1ccc(CNc2cc(CO)ccc2Cl)cc1. The van der Waals surface area contributed by atoms with E-state index in [1.54, 1.807) is 19.1 Å². The summed E-state index contributed by atoms with van der Waals surface area (Å²) in [5.74, 6) is 0.665. The largest absolute Gasteiger partial charge is 0.476 e. The van der Waals surface area contributed by atoms with Gasteiger partial charge in [0.25, 0.3) is 0 Å². The fourth-order valence-electron chi connectivity index (χ4n) is 1.92. The quantitative estimate of drug-likeness (QED) is 0.852. The molecule has 0 spiro atoms. The van der Waals surface area contributed by atoms with Gasteiger partial charge >= 0.3 is 0 Å². The molecule has 0 amide bonds. The van der Waals surface area contributed by atoms with Crippen molar-refractivity contribution in [3.63, 3.8) is 0 Å². The van der Waals surface area contributed by atoms with Gasteiger partial charge in [-0.1, -0.05) is 29.8 Å². The summed E-state index contributed by atoms with van der Waals surface area (Å²) in [6.07, 6.45) is -0.469. The molecule has 2 aromatic carbocycles. The minimum Gasteiger partial charge on any atom is -0.476 e. The first kappa shape index (κ1) is 16.2. The van der Waals surface area contributed by atoms with Crippen LogP contribution in [0.5, 0.6) is 5.75 Å². The van der Waals surface area contributed by atoms with E-state index in [4.69, 9.17) is 26.7 Å². The summed E-state index contributed by atoms with van der Waals surface area (Å²) in [6.45, 7) is 2.28. The molecule has 22 heavy (non-hydrogen) atoms. The van der Waals surface area contributed by atoms with Crippen LogP contribution >= 0.6 is 11.6 Å². The summed E-state index contributed by atoms with van der Waals surface area (Å²) in [6, 6.07) is 14.9.